The summed E-state index contributed by atoms with van der Waals surface area (Å²) in [5.41, 5.74) is 0.968. The van der Waals surface area contributed by atoms with E-state index in [0.29, 0.717) is 21.2 Å². The molecule has 3 rings (SSSR count). The van der Waals surface area contributed by atoms with Gasteiger partial charge in [-0.1, -0.05) is 41.4 Å². The molecule has 1 heterocycles. The number of hydrogen-bond donors (Lipinski definition) is 0. The number of carbonyl (C=O) groups excluding carboxylic acids is 2. The molecule has 0 aliphatic carbocycles. The van der Waals surface area contributed by atoms with E-state index in [4.69, 9.17) is 23.2 Å². The molecule has 0 aromatic heterocycles. The number of nitrogens with zero attached hydrogens (tertiary/aromatic N) is 2. The Hall–Kier alpha value is -2.35. The average molecular weight is 409 g/mol. The zero-order valence-electron chi connectivity index (χ0n) is 13.0. The number of rotatable bonds is 4. The van der Waals surface area contributed by atoms with Crippen LogP contribution < -0.4 is 0 Å². The van der Waals surface area contributed by atoms with Gasteiger partial charge in [-0.05, 0) is 41.1 Å². The van der Waals surface area contributed by atoms with Crippen LogP contribution in [-0.4, -0.2) is 21.0 Å². The minimum atomic E-state index is -0.522. The normalized spacial score (nSPS) is 15.8. The van der Waals surface area contributed by atoms with Crippen molar-refractivity contribution < 1.29 is 14.5 Å². The Bertz CT molecular complexity index is 962. The van der Waals surface area contributed by atoms with Crippen molar-refractivity contribution >= 4 is 57.9 Å². The van der Waals surface area contributed by atoms with E-state index in [1.165, 1.54) is 30.3 Å². The first kappa shape index (κ1) is 18.4. The highest BCUT2D eigenvalue weighted by molar-refractivity contribution is 8.18. The van der Waals surface area contributed by atoms with Gasteiger partial charge in [-0.3, -0.25) is 24.6 Å². The number of carbonyl (C=O) groups is 2. The lowest BCUT2D eigenvalue weighted by Gasteiger charge is -2.13. The molecule has 2 amide bonds. The Morgan fingerprint density at radius 3 is 2.62 bits per heavy atom. The Labute approximate surface area is 162 Å². The van der Waals surface area contributed by atoms with Crippen molar-refractivity contribution in [3.63, 3.8) is 0 Å². The van der Waals surface area contributed by atoms with Crippen LogP contribution >= 0.6 is 35.0 Å². The lowest BCUT2D eigenvalue weighted by Crippen LogP contribution is -2.27. The Balaban J connectivity index is 1.84. The molecule has 26 heavy (non-hydrogen) atoms. The third kappa shape index (κ3) is 3.90. The second kappa shape index (κ2) is 7.49. The van der Waals surface area contributed by atoms with Crippen molar-refractivity contribution in [1.29, 1.82) is 0 Å². The van der Waals surface area contributed by atoms with Crippen LogP contribution in [-0.2, 0) is 11.3 Å². The van der Waals surface area contributed by atoms with Crippen molar-refractivity contribution in [2.24, 2.45) is 0 Å². The predicted molar refractivity (Wildman–Crippen MR) is 101 cm³/mol. The van der Waals surface area contributed by atoms with Crippen molar-refractivity contribution in [2.45, 2.75) is 6.54 Å². The van der Waals surface area contributed by atoms with Crippen LogP contribution in [0.25, 0.3) is 6.08 Å². The molecule has 6 nitrogen and oxygen atoms in total. The molecule has 1 aliphatic heterocycles. The van der Waals surface area contributed by atoms with E-state index >= 15 is 0 Å². The summed E-state index contributed by atoms with van der Waals surface area (Å²) < 4.78 is 0. The van der Waals surface area contributed by atoms with Crippen LogP contribution in [0.15, 0.2) is 47.4 Å². The van der Waals surface area contributed by atoms with Gasteiger partial charge < -0.3 is 0 Å². The number of nitro benzene ring substituents is 1. The highest BCUT2D eigenvalue weighted by Gasteiger charge is 2.35. The maximum absolute atomic E-state index is 12.5. The largest absolute Gasteiger partial charge is 0.293 e. The molecular formula is C17H10Cl2N2O4S. The van der Waals surface area contributed by atoms with Crippen LogP contribution in [0.3, 0.4) is 0 Å². The summed E-state index contributed by atoms with van der Waals surface area (Å²) >= 11 is 12.7. The number of halogens is 2. The van der Waals surface area contributed by atoms with E-state index in [1.807, 2.05) is 0 Å². The third-order valence-electron chi connectivity index (χ3n) is 3.60. The van der Waals surface area contributed by atoms with Crippen LogP contribution in [0.1, 0.15) is 11.1 Å². The lowest BCUT2D eigenvalue weighted by atomic mass is 10.2. The number of nitro groups is 1. The second-order valence-corrected chi connectivity index (χ2v) is 7.19. The van der Waals surface area contributed by atoms with Gasteiger partial charge in [0.05, 0.1) is 16.4 Å². The van der Waals surface area contributed by atoms with Gasteiger partial charge in [0.15, 0.2) is 0 Å². The smallest absolute Gasteiger partial charge is 0.268 e. The van der Waals surface area contributed by atoms with E-state index in [0.717, 1.165) is 16.7 Å². The standard InChI is InChI=1S/C17H10Cl2N2O4S/c18-12-5-4-11(14(19)8-12)9-20-16(22)15(26-17(20)23)7-10-2-1-3-13(6-10)21(24)25/h1-8H,9H2/b15-7-. The van der Waals surface area contributed by atoms with Crippen molar-refractivity contribution in [1.82, 2.24) is 4.90 Å². The van der Waals surface area contributed by atoms with Gasteiger partial charge in [-0.25, -0.2) is 0 Å². The molecule has 1 fully saturated rings. The summed E-state index contributed by atoms with van der Waals surface area (Å²) in [5, 5.41) is 11.2. The fourth-order valence-electron chi connectivity index (χ4n) is 2.34. The monoisotopic (exact) mass is 408 g/mol. The SMILES string of the molecule is O=C1S/C(=C\c2cccc([N+](=O)[O-])c2)C(=O)N1Cc1ccc(Cl)cc1Cl. The summed E-state index contributed by atoms with van der Waals surface area (Å²) in [4.78, 5) is 36.3. The number of thioether (sulfide) groups is 1. The summed E-state index contributed by atoms with van der Waals surface area (Å²) in [5.74, 6) is -0.475. The van der Waals surface area contributed by atoms with Crippen LogP contribution in [0.5, 0.6) is 0 Å². The molecule has 1 saturated heterocycles. The molecule has 2 aromatic carbocycles. The highest BCUT2D eigenvalue weighted by atomic mass is 35.5. The molecule has 0 atom stereocenters. The van der Waals surface area contributed by atoms with Crippen molar-refractivity contribution in [2.75, 3.05) is 0 Å². The molecular weight excluding hydrogens is 399 g/mol. The molecule has 0 radical (unpaired) electrons. The lowest BCUT2D eigenvalue weighted by molar-refractivity contribution is -0.384. The summed E-state index contributed by atoms with van der Waals surface area (Å²) in [6.45, 7) is 0.0208. The Morgan fingerprint density at radius 1 is 1.15 bits per heavy atom. The molecule has 0 saturated carbocycles. The highest BCUT2D eigenvalue weighted by Crippen LogP contribution is 2.34. The van der Waals surface area contributed by atoms with Gasteiger partial charge in [0.1, 0.15) is 0 Å². The first-order valence-corrected chi connectivity index (χ1v) is 8.86. The topological polar surface area (TPSA) is 80.5 Å². The van der Waals surface area contributed by atoms with Gasteiger partial charge in [0.25, 0.3) is 16.8 Å². The number of hydrogen-bond acceptors (Lipinski definition) is 5. The van der Waals surface area contributed by atoms with Gasteiger partial charge in [0, 0.05) is 22.2 Å². The Kier molecular flexibility index (Phi) is 5.31. The zero-order valence-corrected chi connectivity index (χ0v) is 15.3. The maximum Gasteiger partial charge on any atom is 0.293 e. The predicted octanol–water partition coefficient (Wildman–Crippen LogP) is 5.14. The molecule has 0 unspecified atom stereocenters. The fourth-order valence-corrected chi connectivity index (χ4v) is 3.64. The molecule has 1 aliphatic rings. The van der Waals surface area contributed by atoms with Gasteiger partial charge >= 0.3 is 0 Å². The van der Waals surface area contributed by atoms with Gasteiger partial charge in [-0.15, -0.1) is 0 Å². The van der Waals surface area contributed by atoms with Crippen LogP contribution in [0.2, 0.25) is 10.0 Å². The zero-order chi connectivity index (χ0) is 18.8. The maximum atomic E-state index is 12.5. The summed E-state index contributed by atoms with van der Waals surface area (Å²) in [6.07, 6.45) is 1.46. The van der Waals surface area contributed by atoms with E-state index < -0.39 is 16.1 Å². The molecule has 0 bridgehead atoms. The van der Waals surface area contributed by atoms with Gasteiger partial charge in [0.2, 0.25) is 0 Å². The third-order valence-corrected chi connectivity index (χ3v) is 5.09. The van der Waals surface area contributed by atoms with Crippen molar-refractivity contribution in [3.05, 3.63) is 78.7 Å². The minimum Gasteiger partial charge on any atom is -0.268 e. The van der Waals surface area contributed by atoms with E-state index in [9.17, 15) is 19.7 Å². The number of amides is 2. The minimum absolute atomic E-state index is 0.0208. The first-order valence-electron chi connectivity index (χ1n) is 7.29. The number of benzene rings is 2. The molecule has 2 aromatic rings. The molecule has 9 heteroatoms. The molecule has 132 valence electrons. The van der Waals surface area contributed by atoms with Crippen molar-refractivity contribution in [3.8, 4) is 0 Å². The first-order chi connectivity index (χ1) is 12.3. The average Bonchev–Trinajstić information content (AvgIpc) is 2.84. The number of non-ortho nitro benzene ring substituents is 1. The fraction of sp³-hybridized carbons (Fsp3) is 0.0588. The summed E-state index contributed by atoms with van der Waals surface area (Å²) in [7, 11) is 0. The van der Waals surface area contributed by atoms with Crippen LogP contribution in [0, 0.1) is 10.1 Å². The Morgan fingerprint density at radius 2 is 1.92 bits per heavy atom. The van der Waals surface area contributed by atoms with Crippen LogP contribution in [0.4, 0.5) is 10.5 Å². The van der Waals surface area contributed by atoms with E-state index in [-0.39, 0.29) is 17.1 Å². The quantitative estimate of drug-likeness (QED) is 0.397. The molecule has 0 spiro atoms. The second-order valence-electron chi connectivity index (χ2n) is 5.36. The van der Waals surface area contributed by atoms with Gasteiger partial charge in [-0.2, -0.15) is 0 Å². The molecule has 0 N–H and O–H groups in total. The van der Waals surface area contributed by atoms with E-state index in [2.05, 4.69) is 0 Å². The van der Waals surface area contributed by atoms with E-state index in [1.54, 1.807) is 18.2 Å². The summed E-state index contributed by atoms with van der Waals surface area (Å²) in [6, 6.07) is 10.6. The number of imide groups is 1.